The highest BCUT2D eigenvalue weighted by Crippen LogP contribution is 2.28. The Morgan fingerprint density at radius 2 is 1.70 bits per heavy atom. The van der Waals surface area contributed by atoms with Crippen molar-refractivity contribution in [3.63, 3.8) is 0 Å². The van der Waals surface area contributed by atoms with E-state index in [-0.39, 0.29) is 0 Å². The van der Waals surface area contributed by atoms with Crippen LogP contribution in [0.5, 0.6) is 0 Å². The van der Waals surface area contributed by atoms with E-state index in [9.17, 15) is 4.79 Å². The molecule has 0 atom stereocenters. The lowest BCUT2D eigenvalue weighted by Crippen LogP contribution is -2.27. The van der Waals surface area contributed by atoms with E-state index < -0.39 is 11.7 Å². The van der Waals surface area contributed by atoms with Crippen molar-refractivity contribution in [2.24, 2.45) is 0 Å². The number of carbonyl (C=O) groups excluding carboxylic acids is 1. The fraction of sp³-hybridized carbons (Fsp3) is 0.588. The lowest BCUT2D eigenvalue weighted by molar-refractivity contribution is 0.0636. The van der Waals surface area contributed by atoms with Crippen molar-refractivity contribution in [3.05, 3.63) is 29.3 Å². The molecule has 0 bridgehead atoms. The summed E-state index contributed by atoms with van der Waals surface area (Å²) in [5.41, 5.74) is 2.77. The summed E-state index contributed by atoms with van der Waals surface area (Å²) < 4.78 is 5.30. The molecule has 0 aromatic heterocycles. The third-order valence-corrected chi connectivity index (χ3v) is 3.00. The van der Waals surface area contributed by atoms with Gasteiger partial charge in [-0.2, -0.15) is 0 Å². The van der Waals surface area contributed by atoms with Gasteiger partial charge in [0.25, 0.3) is 0 Å². The summed E-state index contributed by atoms with van der Waals surface area (Å²) in [6.07, 6.45) is -0.406. The second-order valence-corrected chi connectivity index (χ2v) is 6.78. The molecular formula is C17H27NO2. The van der Waals surface area contributed by atoms with Gasteiger partial charge in [-0.3, -0.25) is 5.32 Å². The summed E-state index contributed by atoms with van der Waals surface area (Å²) in [6, 6.07) is 6.19. The molecule has 1 aromatic rings. The van der Waals surface area contributed by atoms with Crippen molar-refractivity contribution in [1.82, 2.24) is 0 Å². The molecule has 1 amide bonds. The van der Waals surface area contributed by atoms with Crippen LogP contribution in [0.15, 0.2) is 18.2 Å². The third kappa shape index (κ3) is 4.87. The monoisotopic (exact) mass is 277 g/mol. The van der Waals surface area contributed by atoms with Crippen LogP contribution in [0, 0.1) is 0 Å². The molecule has 0 spiro atoms. The van der Waals surface area contributed by atoms with Gasteiger partial charge in [-0.15, -0.1) is 0 Å². The van der Waals surface area contributed by atoms with Crippen molar-refractivity contribution in [3.8, 4) is 0 Å². The number of hydrogen-bond acceptors (Lipinski definition) is 2. The molecule has 3 heteroatoms. The van der Waals surface area contributed by atoms with Crippen LogP contribution in [-0.4, -0.2) is 11.7 Å². The SMILES string of the molecule is CC(C)c1ccc(NC(=O)OC(C)(C)C)c(C(C)C)c1. The average Bonchev–Trinajstić information content (AvgIpc) is 2.25. The van der Waals surface area contributed by atoms with Gasteiger partial charge in [0.05, 0.1) is 0 Å². The van der Waals surface area contributed by atoms with Crippen LogP contribution in [0.4, 0.5) is 10.5 Å². The summed E-state index contributed by atoms with van der Waals surface area (Å²) >= 11 is 0. The van der Waals surface area contributed by atoms with Gasteiger partial charge < -0.3 is 4.74 Å². The van der Waals surface area contributed by atoms with Crippen LogP contribution in [0.2, 0.25) is 0 Å². The number of ether oxygens (including phenoxy) is 1. The summed E-state index contributed by atoms with van der Waals surface area (Å²) in [4.78, 5) is 11.9. The first-order chi connectivity index (χ1) is 9.10. The number of benzene rings is 1. The molecule has 20 heavy (non-hydrogen) atoms. The first kappa shape index (κ1) is 16.5. The summed E-state index contributed by atoms with van der Waals surface area (Å²) in [6.45, 7) is 14.2. The molecule has 0 radical (unpaired) electrons. The number of hydrogen-bond donors (Lipinski definition) is 1. The summed E-state index contributed by atoms with van der Waals surface area (Å²) in [5, 5.41) is 2.85. The van der Waals surface area contributed by atoms with Gasteiger partial charge in [-0.05, 0) is 49.8 Å². The van der Waals surface area contributed by atoms with E-state index in [0.717, 1.165) is 11.3 Å². The molecule has 1 N–H and O–H groups in total. The zero-order valence-corrected chi connectivity index (χ0v) is 13.7. The molecule has 0 aliphatic carbocycles. The highest BCUT2D eigenvalue weighted by atomic mass is 16.6. The summed E-state index contributed by atoms with van der Waals surface area (Å²) in [7, 11) is 0. The predicted molar refractivity (Wildman–Crippen MR) is 84.5 cm³/mol. The maximum atomic E-state index is 11.9. The largest absolute Gasteiger partial charge is 0.444 e. The van der Waals surface area contributed by atoms with Gasteiger partial charge in [0.1, 0.15) is 5.60 Å². The molecular weight excluding hydrogens is 250 g/mol. The van der Waals surface area contributed by atoms with Crippen molar-refractivity contribution >= 4 is 11.8 Å². The first-order valence-corrected chi connectivity index (χ1v) is 7.24. The van der Waals surface area contributed by atoms with Gasteiger partial charge in [0.15, 0.2) is 0 Å². The average molecular weight is 277 g/mol. The number of rotatable bonds is 3. The van der Waals surface area contributed by atoms with Crippen molar-refractivity contribution < 1.29 is 9.53 Å². The Hall–Kier alpha value is -1.51. The highest BCUT2D eigenvalue weighted by molar-refractivity contribution is 5.86. The van der Waals surface area contributed by atoms with Crippen molar-refractivity contribution in [2.45, 2.75) is 65.9 Å². The first-order valence-electron chi connectivity index (χ1n) is 7.24. The van der Waals surface area contributed by atoms with Crippen LogP contribution in [-0.2, 0) is 4.74 Å². The Labute approximate surface area is 122 Å². The molecule has 0 saturated carbocycles. The molecule has 3 nitrogen and oxygen atoms in total. The third-order valence-electron chi connectivity index (χ3n) is 3.00. The maximum absolute atomic E-state index is 11.9. The van der Waals surface area contributed by atoms with E-state index in [1.807, 2.05) is 26.8 Å². The Morgan fingerprint density at radius 1 is 1.10 bits per heavy atom. The van der Waals surface area contributed by atoms with E-state index in [2.05, 4.69) is 45.1 Å². The Bertz CT molecular complexity index is 470. The van der Waals surface area contributed by atoms with Gasteiger partial charge in [-0.25, -0.2) is 4.79 Å². The molecule has 0 fully saturated rings. The van der Waals surface area contributed by atoms with Crippen LogP contribution in [0.25, 0.3) is 0 Å². The van der Waals surface area contributed by atoms with E-state index in [1.165, 1.54) is 5.56 Å². The minimum absolute atomic E-state index is 0.346. The lowest BCUT2D eigenvalue weighted by Gasteiger charge is -2.21. The molecule has 1 rings (SSSR count). The van der Waals surface area contributed by atoms with Crippen molar-refractivity contribution in [2.75, 3.05) is 5.32 Å². The van der Waals surface area contributed by atoms with Crippen LogP contribution in [0.3, 0.4) is 0 Å². The standard InChI is InChI=1S/C17H27NO2/c1-11(2)13-8-9-15(14(10-13)12(3)4)18-16(19)20-17(5,6)7/h8-12H,1-7H3,(H,18,19). The minimum atomic E-state index is -0.486. The van der Waals surface area contributed by atoms with Gasteiger partial charge in [-0.1, -0.05) is 39.8 Å². The summed E-state index contributed by atoms with van der Waals surface area (Å²) in [5.74, 6) is 0.821. The molecule has 0 aliphatic rings. The Balaban J connectivity index is 2.97. The van der Waals surface area contributed by atoms with Crippen molar-refractivity contribution in [1.29, 1.82) is 0 Å². The zero-order valence-electron chi connectivity index (χ0n) is 13.7. The van der Waals surface area contributed by atoms with E-state index in [4.69, 9.17) is 4.74 Å². The molecule has 0 heterocycles. The van der Waals surface area contributed by atoms with E-state index in [1.54, 1.807) is 0 Å². The van der Waals surface area contributed by atoms with Crippen LogP contribution < -0.4 is 5.32 Å². The maximum Gasteiger partial charge on any atom is 0.412 e. The quantitative estimate of drug-likeness (QED) is 0.816. The van der Waals surface area contributed by atoms with Crippen LogP contribution >= 0.6 is 0 Å². The molecule has 0 aliphatic heterocycles. The van der Waals surface area contributed by atoms with Crippen LogP contribution in [0.1, 0.15) is 71.4 Å². The fourth-order valence-corrected chi connectivity index (χ4v) is 1.95. The molecule has 112 valence electrons. The normalized spacial score (nSPS) is 11.8. The Morgan fingerprint density at radius 3 is 2.15 bits per heavy atom. The van der Waals surface area contributed by atoms with Gasteiger partial charge in [0.2, 0.25) is 0 Å². The number of anilines is 1. The molecule has 0 unspecified atom stereocenters. The topological polar surface area (TPSA) is 38.3 Å². The molecule has 1 aromatic carbocycles. The number of amides is 1. The zero-order chi connectivity index (χ0) is 15.5. The van der Waals surface area contributed by atoms with Gasteiger partial charge in [0, 0.05) is 5.69 Å². The Kier molecular flexibility index (Phi) is 5.21. The molecule has 0 saturated heterocycles. The second kappa shape index (κ2) is 6.29. The predicted octanol–water partition coefficient (Wildman–Crippen LogP) is 5.28. The number of nitrogens with one attached hydrogen (secondary N) is 1. The van der Waals surface area contributed by atoms with E-state index >= 15 is 0 Å². The lowest BCUT2D eigenvalue weighted by atomic mass is 9.94. The minimum Gasteiger partial charge on any atom is -0.444 e. The smallest absolute Gasteiger partial charge is 0.412 e. The second-order valence-electron chi connectivity index (χ2n) is 6.78. The van der Waals surface area contributed by atoms with E-state index in [0.29, 0.717) is 11.8 Å². The highest BCUT2D eigenvalue weighted by Gasteiger charge is 2.18. The fourth-order valence-electron chi connectivity index (χ4n) is 1.95. The number of carbonyl (C=O) groups is 1. The van der Waals surface area contributed by atoms with Gasteiger partial charge >= 0.3 is 6.09 Å².